The summed E-state index contributed by atoms with van der Waals surface area (Å²) < 4.78 is 0. The molecular formula is C16H17ClN4. The molecule has 0 aromatic heterocycles. The summed E-state index contributed by atoms with van der Waals surface area (Å²) in [5, 5.41) is 8.79. The number of rotatable bonds is 1. The van der Waals surface area contributed by atoms with E-state index >= 15 is 0 Å². The summed E-state index contributed by atoms with van der Waals surface area (Å²) in [6.07, 6.45) is 1.10. The average molecular weight is 301 g/mol. The Kier molecular flexibility index (Phi) is 3.20. The summed E-state index contributed by atoms with van der Waals surface area (Å²) in [7, 11) is 0. The van der Waals surface area contributed by atoms with Crippen LogP contribution in [0.15, 0.2) is 35.3 Å². The number of hydrogen-bond donors (Lipinski definition) is 2. The molecule has 5 heteroatoms. The summed E-state index contributed by atoms with van der Waals surface area (Å²) in [6.45, 7) is 3.59. The third-order valence-corrected chi connectivity index (χ3v) is 4.37. The number of benzene rings is 2. The standard InChI is InChI=1S/C16H17ClN4/c17-14-6-5-12-10-21(20-16-18-7-2-8-19-16)9-11-3-1-4-13(14)15(11)12/h1,3-6H,2,7-10H2,(H2,18,19,20). The third-order valence-electron chi connectivity index (χ3n) is 4.04. The maximum absolute atomic E-state index is 6.32. The van der Waals surface area contributed by atoms with Crippen LogP contribution >= 0.6 is 11.6 Å². The zero-order valence-electron chi connectivity index (χ0n) is 11.7. The van der Waals surface area contributed by atoms with Crippen LogP contribution in [0.25, 0.3) is 10.8 Å². The number of nitrogens with zero attached hydrogens (tertiary/aromatic N) is 2. The van der Waals surface area contributed by atoms with Gasteiger partial charge in [-0.25, -0.2) is 5.01 Å². The van der Waals surface area contributed by atoms with Crippen LogP contribution in [0, 0.1) is 0 Å². The van der Waals surface area contributed by atoms with Gasteiger partial charge in [0, 0.05) is 36.6 Å². The fraction of sp³-hybridized carbons (Fsp3) is 0.312. The fourth-order valence-electron chi connectivity index (χ4n) is 3.09. The molecule has 4 rings (SSSR count). The predicted molar refractivity (Wildman–Crippen MR) is 86.3 cm³/mol. The number of hydrogen-bond acceptors (Lipinski definition) is 4. The molecule has 0 bridgehead atoms. The highest BCUT2D eigenvalue weighted by Gasteiger charge is 2.20. The Labute approximate surface area is 128 Å². The van der Waals surface area contributed by atoms with Crippen LogP contribution in [0.5, 0.6) is 0 Å². The van der Waals surface area contributed by atoms with E-state index in [-0.39, 0.29) is 0 Å². The van der Waals surface area contributed by atoms with Gasteiger partial charge in [0.25, 0.3) is 0 Å². The van der Waals surface area contributed by atoms with Crippen molar-refractivity contribution in [3.8, 4) is 0 Å². The first-order chi connectivity index (χ1) is 10.3. The first kappa shape index (κ1) is 12.9. The zero-order chi connectivity index (χ0) is 14.2. The van der Waals surface area contributed by atoms with Crippen LogP contribution in [0.3, 0.4) is 0 Å². The molecule has 0 saturated carbocycles. The minimum Gasteiger partial charge on any atom is -0.355 e. The van der Waals surface area contributed by atoms with Gasteiger partial charge in [-0.05, 0) is 29.0 Å². The van der Waals surface area contributed by atoms with Gasteiger partial charge in [-0.3, -0.25) is 10.4 Å². The van der Waals surface area contributed by atoms with Crippen molar-refractivity contribution < 1.29 is 0 Å². The molecule has 2 aromatic rings. The second kappa shape index (κ2) is 5.20. The summed E-state index contributed by atoms with van der Waals surface area (Å²) in [5.41, 5.74) is 6.01. The normalized spacial score (nSPS) is 18.2. The van der Waals surface area contributed by atoms with Crippen molar-refractivity contribution in [2.45, 2.75) is 19.5 Å². The predicted octanol–water partition coefficient (Wildman–Crippen LogP) is 2.66. The van der Waals surface area contributed by atoms with E-state index in [1.165, 1.54) is 16.5 Å². The molecular weight excluding hydrogens is 284 g/mol. The Morgan fingerprint density at radius 1 is 1.14 bits per heavy atom. The molecule has 0 radical (unpaired) electrons. The molecule has 0 unspecified atom stereocenters. The SMILES string of the molecule is Clc1ccc2c3c(cccc13)CN(NC1=NCCCN1)C2. The monoisotopic (exact) mass is 300 g/mol. The van der Waals surface area contributed by atoms with Crippen LogP contribution in [-0.4, -0.2) is 24.1 Å². The quantitative estimate of drug-likeness (QED) is 0.850. The largest absolute Gasteiger partial charge is 0.355 e. The molecule has 0 amide bonds. The van der Waals surface area contributed by atoms with Gasteiger partial charge in [0.2, 0.25) is 5.96 Å². The van der Waals surface area contributed by atoms with Gasteiger partial charge in [-0.1, -0.05) is 35.9 Å². The summed E-state index contributed by atoms with van der Waals surface area (Å²) in [5.74, 6) is 0.880. The molecule has 2 aliphatic heterocycles. The van der Waals surface area contributed by atoms with E-state index in [0.29, 0.717) is 0 Å². The van der Waals surface area contributed by atoms with Gasteiger partial charge >= 0.3 is 0 Å². The first-order valence-electron chi connectivity index (χ1n) is 7.30. The average Bonchev–Trinajstić information content (AvgIpc) is 2.52. The highest BCUT2D eigenvalue weighted by molar-refractivity contribution is 6.35. The smallest absolute Gasteiger partial charge is 0.206 e. The van der Waals surface area contributed by atoms with Crippen molar-refractivity contribution in [3.63, 3.8) is 0 Å². The van der Waals surface area contributed by atoms with Gasteiger partial charge < -0.3 is 5.32 Å². The highest BCUT2D eigenvalue weighted by atomic mass is 35.5. The van der Waals surface area contributed by atoms with E-state index in [1.807, 2.05) is 6.07 Å². The first-order valence-corrected chi connectivity index (χ1v) is 7.68. The van der Waals surface area contributed by atoms with Gasteiger partial charge in [0.15, 0.2) is 0 Å². The Morgan fingerprint density at radius 3 is 2.81 bits per heavy atom. The van der Waals surface area contributed by atoms with Crippen molar-refractivity contribution >= 4 is 28.3 Å². The summed E-state index contributed by atoms with van der Waals surface area (Å²) >= 11 is 6.32. The van der Waals surface area contributed by atoms with Crippen LogP contribution in [0.2, 0.25) is 5.02 Å². The molecule has 2 N–H and O–H groups in total. The lowest BCUT2D eigenvalue weighted by atomic mass is 9.96. The molecule has 2 aliphatic rings. The Balaban J connectivity index is 1.66. The number of hydrazine groups is 1. The molecule has 2 aromatic carbocycles. The minimum absolute atomic E-state index is 0.829. The lowest BCUT2D eigenvalue weighted by Gasteiger charge is -2.31. The van der Waals surface area contributed by atoms with Crippen molar-refractivity contribution in [1.29, 1.82) is 0 Å². The number of aliphatic imine (C=N–C) groups is 1. The number of halogens is 1. The van der Waals surface area contributed by atoms with E-state index < -0.39 is 0 Å². The minimum atomic E-state index is 0.829. The van der Waals surface area contributed by atoms with E-state index in [4.69, 9.17) is 11.6 Å². The zero-order valence-corrected chi connectivity index (χ0v) is 12.5. The molecule has 0 saturated heterocycles. The van der Waals surface area contributed by atoms with Crippen molar-refractivity contribution in [2.75, 3.05) is 13.1 Å². The Morgan fingerprint density at radius 2 is 2.00 bits per heavy atom. The molecule has 4 nitrogen and oxygen atoms in total. The number of guanidine groups is 1. The van der Waals surface area contributed by atoms with Crippen LogP contribution in [0.1, 0.15) is 17.5 Å². The second-order valence-electron chi connectivity index (χ2n) is 5.52. The fourth-order valence-corrected chi connectivity index (χ4v) is 3.31. The molecule has 0 fully saturated rings. The molecule has 2 heterocycles. The summed E-state index contributed by atoms with van der Waals surface area (Å²) in [4.78, 5) is 4.47. The van der Waals surface area contributed by atoms with E-state index in [2.05, 4.69) is 45.0 Å². The van der Waals surface area contributed by atoms with Crippen molar-refractivity contribution in [3.05, 3.63) is 46.5 Å². The van der Waals surface area contributed by atoms with Gasteiger partial charge in [-0.2, -0.15) is 0 Å². The lowest BCUT2D eigenvalue weighted by Crippen LogP contribution is -2.50. The van der Waals surface area contributed by atoms with E-state index in [9.17, 15) is 0 Å². The maximum atomic E-state index is 6.32. The molecule has 0 spiro atoms. The van der Waals surface area contributed by atoms with Crippen LogP contribution < -0.4 is 10.7 Å². The second-order valence-corrected chi connectivity index (χ2v) is 5.93. The van der Waals surface area contributed by atoms with E-state index in [1.54, 1.807) is 0 Å². The van der Waals surface area contributed by atoms with Crippen molar-refractivity contribution in [1.82, 2.24) is 15.8 Å². The van der Waals surface area contributed by atoms with Crippen LogP contribution in [0.4, 0.5) is 0 Å². The maximum Gasteiger partial charge on any atom is 0.206 e. The van der Waals surface area contributed by atoms with E-state index in [0.717, 1.165) is 49.0 Å². The topological polar surface area (TPSA) is 39.7 Å². The molecule has 108 valence electrons. The Bertz CT molecular complexity index is 713. The van der Waals surface area contributed by atoms with Crippen LogP contribution in [-0.2, 0) is 13.1 Å². The molecule has 0 atom stereocenters. The van der Waals surface area contributed by atoms with Crippen molar-refractivity contribution in [2.24, 2.45) is 4.99 Å². The Hall–Kier alpha value is -1.78. The lowest BCUT2D eigenvalue weighted by molar-refractivity contribution is 0.208. The molecule has 21 heavy (non-hydrogen) atoms. The van der Waals surface area contributed by atoms with Gasteiger partial charge in [0.1, 0.15) is 0 Å². The highest BCUT2D eigenvalue weighted by Crippen LogP contribution is 2.33. The van der Waals surface area contributed by atoms with Gasteiger partial charge in [0.05, 0.1) is 0 Å². The van der Waals surface area contributed by atoms with Gasteiger partial charge in [-0.15, -0.1) is 0 Å². The molecule has 0 aliphatic carbocycles. The third kappa shape index (κ3) is 2.34. The summed E-state index contributed by atoms with van der Waals surface area (Å²) in [6, 6.07) is 10.5. The number of nitrogens with one attached hydrogen (secondary N) is 2.